The van der Waals surface area contributed by atoms with Gasteiger partial charge < -0.3 is 29.8 Å². The Morgan fingerprint density at radius 3 is 2.63 bits per heavy atom. The molecule has 6 rings (SSSR count). The molecule has 8 atom stereocenters. The zero-order valence-corrected chi connectivity index (χ0v) is 23.8. The van der Waals surface area contributed by atoms with E-state index in [1.807, 2.05) is 33.8 Å². The van der Waals surface area contributed by atoms with E-state index in [0.717, 1.165) is 24.8 Å². The number of H-pyrrole nitrogens is 1. The molecule has 3 fully saturated rings. The van der Waals surface area contributed by atoms with E-state index in [1.165, 1.54) is 22.2 Å². The lowest BCUT2D eigenvalue weighted by Gasteiger charge is -2.70. The molecule has 208 valence electrons. The number of aliphatic hydroxyl groups is 3. The van der Waals surface area contributed by atoms with Gasteiger partial charge in [-0.25, -0.2) is 0 Å². The normalized spacial score (nSPS) is 42.2. The Balaban J connectivity index is 1.36. The summed E-state index contributed by atoms with van der Waals surface area (Å²) in [4.78, 5) is 3.74. The number of aliphatic hydroxyl groups excluding tert-OH is 1. The fourth-order valence-corrected chi connectivity index (χ4v) is 9.11. The summed E-state index contributed by atoms with van der Waals surface area (Å²) in [5, 5.41) is 37.9. The summed E-state index contributed by atoms with van der Waals surface area (Å²) < 4.78 is 12.7. The number of hydrogen-bond donors (Lipinski definition) is 4. The monoisotopic (exact) mass is 523 g/mol. The first-order valence-corrected chi connectivity index (χ1v) is 14.4. The van der Waals surface area contributed by atoms with E-state index in [2.05, 4.69) is 43.1 Å². The van der Waals surface area contributed by atoms with Crippen LogP contribution < -0.4 is 0 Å². The maximum Gasteiger partial charge on any atom is 0.122 e. The van der Waals surface area contributed by atoms with Crippen LogP contribution in [0, 0.1) is 11.3 Å². The molecular weight excluding hydrogens is 478 g/mol. The zero-order valence-electron chi connectivity index (χ0n) is 23.8. The molecule has 1 aromatic carbocycles. The van der Waals surface area contributed by atoms with E-state index >= 15 is 0 Å². The summed E-state index contributed by atoms with van der Waals surface area (Å²) in [6, 6.07) is 8.47. The third-order valence-corrected chi connectivity index (χ3v) is 11.5. The van der Waals surface area contributed by atoms with Gasteiger partial charge in [0.15, 0.2) is 0 Å². The third kappa shape index (κ3) is 3.24. The van der Waals surface area contributed by atoms with Gasteiger partial charge in [-0.15, -0.1) is 0 Å². The first-order chi connectivity index (χ1) is 17.8. The SMILES string of the molecule is CC(C)=CCOC(C)(C)[C@H]1O[C@H]2CC[C@@]3(C)[C@@](O)(CC[C@H]4Cc5c([nH]c6ccccc56)[C@@]43C)[C@@]2(O)C[C@@H]1O. The fourth-order valence-electron chi connectivity index (χ4n) is 9.11. The first-order valence-electron chi connectivity index (χ1n) is 14.4. The van der Waals surface area contributed by atoms with Crippen LogP contribution in [0.5, 0.6) is 0 Å². The fraction of sp³-hybridized carbons (Fsp3) is 0.688. The largest absolute Gasteiger partial charge is 0.390 e. The highest BCUT2D eigenvalue weighted by Crippen LogP contribution is 2.70. The summed E-state index contributed by atoms with van der Waals surface area (Å²) in [5.41, 5.74) is 0.277. The maximum atomic E-state index is 12.7. The zero-order chi connectivity index (χ0) is 27.3. The number of aromatic nitrogens is 1. The Hall–Kier alpha value is -1.70. The van der Waals surface area contributed by atoms with E-state index < -0.39 is 40.5 Å². The van der Waals surface area contributed by atoms with Gasteiger partial charge in [0, 0.05) is 33.8 Å². The molecule has 1 aromatic heterocycles. The van der Waals surface area contributed by atoms with Crippen LogP contribution in [0.1, 0.15) is 84.9 Å². The Morgan fingerprint density at radius 2 is 1.89 bits per heavy atom. The van der Waals surface area contributed by atoms with Crippen molar-refractivity contribution in [1.29, 1.82) is 0 Å². The Kier molecular flexibility index (Phi) is 5.86. The van der Waals surface area contributed by atoms with Crippen molar-refractivity contribution in [3.8, 4) is 0 Å². The van der Waals surface area contributed by atoms with Crippen molar-refractivity contribution in [3.63, 3.8) is 0 Å². The van der Waals surface area contributed by atoms with E-state index in [-0.39, 0.29) is 11.8 Å². The van der Waals surface area contributed by atoms with Crippen LogP contribution >= 0.6 is 0 Å². The summed E-state index contributed by atoms with van der Waals surface area (Å²) >= 11 is 0. The quantitative estimate of drug-likeness (QED) is 0.426. The van der Waals surface area contributed by atoms with Crippen molar-refractivity contribution in [2.75, 3.05) is 6.61 Å². The molecule has 6 heteroatoms. The maximum absolute atomic E-state index is 12.7. The van der Waals surface area contributed by atoms with Gasteiger partial charge in [0.05, 0.1) is 24.4 Å². The molecule has 1 aliphatic heterocycles. The van der Waals surface area contributed by atoms with E-state index in [9.17, 15) is 15.3 Å². The molecule has 0 spiro atoms. The van der Waals surface area contributed by atoms with Crippen LogP contribution in [0.4, 0.5) is 0 Å². The highest BCUT2D eigenvalue weighted by Gasteiger charge is 2.76. The molecule has 2 aromatic rings. The Labute approximate surface area is 226 Å². The number of benzene rings is 1. The van der Waals surface area contributed by atoms with E-state index in [1.54, 1.807) is 0 Å². The number of para-hydroxylation sites is 1. The summed E-state index contributed by atoms with van der Waals surface area (Å²) in [7, 11) is 0. The second-order valence-corrected chi connectivity index (χ2v) is 13.8. The second-order valence-electron chi connectivity index (χ2n) is 13.8. The predicted molar refractivity (Wildman–Crippen MR) is 148 cm³/mol. The third-order valence-electron chi connectivity index (χ3n) is 11.5. The van der Waals surface area contributed by atoms with Gasteiger partial charge in [0.25, 0.3) is 0 Å². The predicted octanol–water partition coefficient (Wildman–Crippen LogP) is 4.93. The number of fused-ring (bicyclic) bond motifs is 9. The van der Waals surface area contributed by atoms with E-state index in [0.29, 0.717) is 25.4 Å². The molecule has 3 aliphatic carbocycles. The van der Waals surface area contributed by atoms with Crippen molar-refractivity contribution in [3.05, 3.63) is 47.2 Å². The van der Waals surface area contributed by atoms with Gasteiger partial charge in [-0.05, 0) is 77.3 Å². The van der Waals surface area contributed by atoms with Crippen molar-refractivity contribution in [2.45, 2.75) is 121 Å². The van der Waals surface area contributed by atoms with E-state index in [4.69, 9.17) is 9.47 Å². The van der Waals surface area contributed by atoms with Crippen LogP contribution in [-0.4, -0.2) is 62.0 Å². The van der Waals surface area contributed by atoms with Gasteiger partial charge in [-0.1, -0.05) is 43.7 Å². The van der Waals surface area contributed by atoms with Gasteiger partial charge >= 0.3 is 0 Å². The highest BCUT2D eigenvalue weighted by atomic mass is 16.6. The number of hydrogen-bond acceptors (Lipinski definition) is 5. The van der Waals surface area contributed by atoms with Crippen LogP contribution in [0.25, 0.3) is 10.9 Å². The van der Waals surface area contributed by atoms with Crippen LogP contribution in [-0.2, 0) is 21.3 Å². The van der Waals surface area contributed by atoms with Crippen molar-refractivity contribution < 1.29 is 24.8 Å². The average Bonchev–Trinajstić information content (AvgIpc) is 3.35. The summed E-state index contributed by atoms with van der Waals surface area (Å²) in [5.74, 6) is 0.392. The molecule has 1 saturated heterocycles. The smallest absolute Gasteiger partial charge is 0.122 e. The van der Waals surface area contributed by atoms with Crippen molar-refractivity contribution >= 4 is 10.9 Å². The lowest BCUT2D eigenvalue weighted by molar-refractivity contribution is -0.357. The second kappa shape index (κ2) is 8.40. The lowest BCUT2D eigenvalue weighted by Crippen LogP contribution is -2.80. The number of rotatable bonds is 4. The van der Waals surface area contributed by atoms with Gasteiger partial charge in [0.1, 0.15) is 17.3 Å². The average molecular weight is 524 g/mol. The molecule has 38 heavy (non-hydrogen) atoms. The highest BCUT2D eigenvalue weighted by molar-refractivity contribution is 5.86. The minimum Gasteiger partial charge on any atom is -0.390 e. The number of ether oxygens (including phenoxy) is 2. The number of aromatic amines is 1. The molecule has 0 amide bonds. The van der Waals surface area contributed by atoms with Gasteiger partial charge in [0.2, 0.25) is 0 Å². The molecular formula is C32H45NO5. The standard InChI is InChI=1S/C32H45NO5/c1-19(2)13-16-37-28(3,4)27-24(34)18-31(35)25(38-27)12-14-29(5)30(6)20(11-15-32(29,31)36)17-22-21-9-7-8-10-23(21)33-26(22)30/h7-10,13,20,24-25,27,33-36H,11-12,14-18H2,1-6H3/t20-,24-,25-,27-,29+,30+,31+,32-/m0/s1. The lowest BCUT2D eigenvalue weighted by atomic mass is 9.40. The molecule has 0 bridgehead atoms. The molecule has 2 saturated carbocycles. The van der Waals surface area contributed by atoms with Crippen molar-refractivity contribution in [1.82, 2.24) is 4.98 Å². The van der Waals surface area contributed by atoms with Crippen LogP contribution in [0.15, 0.2) is 35.9 Å². The Bertz CT molecular complexity index is 1280. The topological polar surface area (TPSA) is 94.9 Å². The summed E-state index contributed by atoms with van der Waals surface area (Å²) in [6.07, 6.45) is 3.65. The molecule has 4 N–H and O–H groups in total. The van der Waals surface area contributed by atoms with Crippen LogP contribution in [0.3, 0.4) is 0 Å². The summed E-state index contributed by atoms with van der Waals surface area (Å²) in [6.45, 7) is 12.9. The van der Waals surface area contributed by atoms with Gasteiger partial charge in [-0.3, -0.25) is 0 Å². The molecule has 4 aliphatic rings. The minimum absolute atomic E-state index is 0.0736. The molecule has 2 heterocycles. The van der Waals surface area contributed by atoms with Gasteiger partial charge in [-0.2, -0.15) is 0 Å². The number of allylic oxidation sites excluding steroid dienone is 1. The molecule has 6 nitrogen and oxygen atoms in total. The number of nitrogens with one attached hydrogen (secondary N) is 1. The van der Waals surface area contributed by atoms with Crippen molar-refractivity contribution in [2.24, 2.45) is 11.3 Å². The minimum atomic E-state index is -1.55. The first kappa shape index (κ1) is 26.5. The van der Waals surface area contributed by atoms with Crippen LogP contribution in [0.2, 0.25) is 0 Å². The molecule has 0 radical (unpaired) electrons. The molecule has 0 unspecified atom stereocenters. The Morgan fingerprint density at radius 1 is 1.16 bits per heavy atom.